The lowest BCUT2D eigenvalue weighted by Crippen LogP contribution is -2.10. The molecule has 0 unspecified atom stereocenters. The van der Waals surface area contributed by atoms with Crippen LogP contribution in [0.5, 0.6) is 0 Å². The number of carboxylic acids is 1. The van der Waals surface area contributed by atoms with E-state index in [1.807, 2.05) is 0 Å². The number of carbonyl (C=O) groups is 2. The van der Waals surface area contributed by atoms with E-state index in [4.69, 9.17) is 9.52 Å². The minimum Gasteiger partial charge on any atom is -0.478 e. The number of aromatic nitrogens is 1. The van der Waals surface area contributed by atoms with Crippen LogP contribution >= 0.6 is 15.9 Å². The summed E-state index contributed by atoms with van der Waals surface area (Å²) >= 11 is 3.15. The lowest BCUT2D eigenvalue weighted by molar-refractivity contribution is -0.111. The maximum atomic E-state index is 11.7. The van der Waals surface area contributed by atoms with Crippen LogP contribution in [-0.2, 0) is 4.79 Å². The van der Waals surface area contributed by atoms with E-state index in [2.05, 4.69) is 26.2 Å². The summed E-state index contributed by atoms with van der Waals surface area (Å²) in [4.78, 5) is 25.5. The Balaban J connectivity index is 2.09. The lowest BCUT2D eigenvalue weighted by Gasteiger charge is -2.01. The van der Waals surface area contributed by atoms with Crippen LogP contribution in [0.2, 0.25) is 0 Å². The van der Waals surface area contributed by atoms with Crippen LogP contribution in [0.15, 0.2) is 33.5 Å². The van der Waals surface area contributed by atoms with Gasteiger partial charge in [-0.25, -0.2) is 4.79 Å². The van der Waals surface area contributed by atoms with Gasteiger partial charge >= 0.3 is 5.97 Å². The number of anilines is 1. The summed E-state index contributed by atoms with van der Waals surface area (Å²) in [7, 11) is 0. The molecule has 2 rings (SSSR count). The van der Waals surface area contributed by atoms with Crippen molar-refractivity contribution in [3.05, 3.63) is 46.1 Å². The number of nitrogens with one attached hydrogen (secondary N) is 2. The summed E-state index contributed by atoms with van der Waals surface area (Å²) in [6.07, 6.45) is 4.19. The molecule has 0 radical (unpaired) electrons. The fourth-order valence-corrected chi connectivity index (χ4v) is 1.97. The second-order valence-corrected chi connectivity index (χ2v) is 4.75. The first-order chi connectivity index (χ1) is 9.47. The maximum absolute atomic E-state index is 11.7. The second kappa shape index (κ2) is 5.79. The molecule has 0 spiro atoms. The molecule has 0 fully saturated rings. The monoisotopic (exact) mass is 338 g/mol. The molecule has 3 N–H and O–H groups in total. The number of carboxylic acid groups (broad SMARTS) is 1. The number of aromatic amines is 1. The smallest absolute Gasteiger partial charge is 0.339 e. The third-order valence-electron chi connectivity index (χ3n) is 2.54. The van der Waals surface area contributed by atoms with Crippen LogP contribution in [0.3, 0.4) is 0 Å². The fraction of sp³-hybridized carbons (Fsp3) is 0.0769. The largest absolute Gasteiger partial charge is 0.478 e. The summed E-state index contributed by atoms with van der Waals surface area (Å²) in [5.41, 5.74) is 0.754. The van der Waals surface area contributed by atoms with Crippen molar-refractivity contribution in [2.45, 2.75) is 6.92 Å². The molecule has 1 amide bonds. The van der Waals surface area contributed by atoms with Crippen LogP contribution in [0.25, 0.3) is 6.08 Å². The lowest BCUT2D eigenvalue weighted by atomic mass is 10.2. The van der Waals surface area contributed by atoms with Gasteiger partial charge in [-0.2, -0.15) is 0 Å². The van der Waals surface area contributed by atoms with Gasteiger partial charge in [-0.3, -0.25) is 4.79 Å². The Morgan fingerprint density at radius 2 is 2.20 bits per heavy atom. The Kier molecular flexibility index (Phi) is 4.09. The zero-order chi connectivity index (χ0) is 14.7. The molecule has 0 atom stereocenters. The van der Waals surface area contributed by atoms with Crippen molar-refractivity contribution in [2.75, 3.05) is 5.32 Å². The van der Waals surface area contributed by atoms with Gasteiger partial charge in [-0.05, 0) is 41.1 Å². The van der Waals surface area contributed by atoms with Gasteiger partial charge in [-0.1, -0.05) is 0 Å². The van der Waals surface area contributed by atoms with E-state index < -0.39 is 11.9 Å². The van der Waals surface area contributed by atoms with E-state index in [-0.39, 0.29) is 11.3 Å². The van der Waals surface area contributed by atoms with E-state index >= 15 is 0 Å². The van der Waals surface area contributed by atoms with Crippen molar-refractivity contribution in [2.24, 2.45) is 0 Å². The van der Waals surface area contributed by atoms with Gasteiger partial charge < -0.3 is 19.8 Å². The summed E-state index contributed by atoms with van der Waals surface area (Å²) in [6, 6.07) is 3.40. The number of amides is 1. The van der Waals surface area contributed by atoms with Crippen LogP contribution in [0.1, 0.15) is 21.8 Å². The number of carbonyl (C=O) groups excluding carboxylic acids is 1. The highest BCUT2D eigenvalue weighted by Crippen LogP contribution is 2.19. The van der Waals surface area contributed by atoms with E-state index in [0.717, 1.165) is 0 Å². The van der Waals surface area contributed by atoms with Crippen LogP contribution in [-0.4, -0.2) is 22.0 Å². The summed E-state index contributed by atoms with van der Waals surface area (Å²) in [5.74, 6) is -1.03. The Morgan fingerprint density at radius 3 is 2.80 bits per heavy atom. The molecule has 0 saturated carbocycles. The Hall–Kier alpha value is -2.28. The molecular weight excluding hydrogens is 328 g/mol. The summed E-state index contributed by atoms with van der Waals surface area (Å²) in [5, 5.41) is 11.5. The predicted molar refractivity (Wildman–Crippen MR) is 76.6 cm³/mol. The molecule has 104 valence electrons. The Bertz CT molecular complexity index is 684. The molecular formula is C13H11BrN2O4. The fourth-order valence-electron chi connectivity index (χ4n) is 1.65. The zero-order valence-corrected chi connectivity index (χ0v) is 12.0. The van der Waals surface area contributed by atoms with Crippen molar-refractivity contribution in [1.82, 2.24) is 4.98 Å². The first-order valence-corrected chi connectivity index (χ1v) is 6.42. The van der Waals surface area contributed by atoms with Gasteiger partial charge in [0.1, 0.15) is 11.3 Å². The molecule has 0 aliphatic rings. The Labute approximate surface area is 122 Å². The first-order valence-electron chi connectivity index (χ1n) is 5.63. The third-order valence-corrected chi connectivity index (χ3v) is 2.97. The summed E-state index contributed by atoms with van der Waals surface area (Å²) < 4.78 is 5.76. The average Bonchev–Trinajstić information content (AvgIpc) is 2.93. The van der Waals surface area contributed by atoms with Crippen molar-refractivity contribution >= 4 is 39.6 Å². The second-order valence-electron chi connectivity index (χ2n) is 3.97. The van der Waals surface area contributed by atoms with Gasteiger partial charge in [0.05, 0.1) is 5.69 Å². The molecule has 7 heteroatoms. The van der Waals surface area contributed by atoms with Gasteiger partial charge in [-0.15, -0.1) is 0 Å². The van der Waals surface area contributed by atoms with E-state index in [1.54, 1.807) is 19.1 Å². The molecule has 2 aromatic rings. The van der Waals surface area contributed by atoms with Crippen molar-refractivity contribution in [3.8, 4) is 0 Å². The van der Waals surface area contributed by atoms with Gasteiger partial charge in [0.2, 0.25) is 5.91 Å². The Morgan fingerprint density at radius 1 is 1.45 bits per heavy atom. The van der Waals surface area contributed by atoms with E-state index in [0.29, 0.717) is 16.1 Å². The zero-order valence-electron chi connectivity index (χ0n) is 10.4. The SMILES string of the molecule is Cc1[nH]cc(NC(=O)/C=C/c2ccc(Br)o2)c1C(=O)O. The highest BCUT2D eigenvalue weighted by molar-refractivity contribution is 9.10. The average molecular weight is 339 g/mol. The van der Waals surface area contributed by atoms with Crippen molar-refractivity contribution in [1.29, 1.82) is 0 Å². The number of hydrogen-bond acceptors (Lipinski definition) is 3. The number of hydrogen-bond donors (Lipinski definition) is 3. The molecule has 0 aromatic carbocycles. The molecule has 0 saturated heterocycles. The van der Waals surface area contributed by atoms with Gasteiger partial charge in [0, 0.05) is 18.0 Å². The number of rotatable bonds is 4. The maximum Gasteiger partial charge on any atom is 0.339 e. The molecule has 0 aliphatic carbocycles. The minimum absolute atomic E-state index is 0.0486. The number of H-pyrrole nitrogens is 1. The van der Waals surface area contributed by atoms with Crippen molar-refractivity contribution < 1.29 is 19.1 Å². The van der Waals surface area contributed by atoms with Gasteiger partial charge in [0.15, 0.2) is 4.67 Å². The molecule has 6 nitrogen and oxygen atoms in total. The molecule has 20 heavy (non-hydrogen) atoms. The number of aromatic carboxylic acids is 1. The van der Waals surface area contributed by atoms with Crippen LogP contribution < -0.4 is 5.32 Å². The number of halogens is 1. The third kappa shape index (κ3) is 3.18. The normalized spacial score (nSPS) is 10.9. The quantitative estimate of drug-likeness (QED) is 0.746. The highest BCUT2D eigenvalue weighted by atomic mass is 79.9. The number of furan rings is 1. The molecule has 2 aromatic heterocycles. The summed E-state index contributed by atoms with van der Waals surface area (Å²) in [6.45, 7) is 1.62. The molecule has 0 aliphatic heterocycles. The first kappa shape index (κ1) is 14.1. The van der Waals surface area contributed by atoms with Crippen LogP contribution in [0, 0.1) is 6.92 Å². The van der Waals surface area contributed by atoms with Crippen molar-refractivity contribution in [3.63, 3.8) is 0 Å². The minimum atomic E-state index is -1.10. The van der Waals surface area contributed by atoms with Crippen LogP contribution in [0.4, 0.5) is 5.69 Å². The number of aryl methyl sites for hydroxylation is 1. The van der Waals surface area contributed by atoms with Gasteiger partial charge in [0.25, 0.3) is 0 Å². The van der Waals surface area contributed by atoms with E-state index in [1.165, 1.54) is 18.3 Å². The standard InChI is InChI=1S/C13H11BrN2O4/c1-7-12(13(18)19)9(6-15-7)16-11(17)5-3-8-2-4-10(14)20-8/h2-6,15H,1H3,(H,16,17)(H,18,19)/b5-3+. The molecule has 2 heterocycles. The highest BCUT2D eigenvalue weighted by Gasteiger charge is 2.16. The topological polar surface area (TPSA) is 95.3 Å². The predicted octanol–water partition coefficient (Wildman–Crippen LogP) is 3.03. The molecule has 0 bridgehead atoms. The van der Waals surface area contributed by atoms with E-state index in [9.17, 15) is 9.59 Å².